The second kappa shape index (κ2) is 5.58. The molecule has 8 heteroatoms. The average molecular weight is 283 g/mol. The summed E-state index contributed by atoms with van der Waals surface area (Å²) in [7, 11) is 0. The fourth-order valence-electron chi connectivity index (χ4n) is 1.47. The molecule has 1 aromatic heterocycles. The van der Waals surface area contributed by atoms with E-state index >= 15 is 0 Å². The minimum Gasteiger partial charge on any atom is -0.481 e. The highest BCUT2D eigenvalue weighted by molar-refractivity contribution is 5.80. The van der Waals surface area contributed by atoms with Crippen LogP contribution in [-0.2, 0) is 22.7 Å². The highest BCUT2D eigenvalue weighted by atomic mass is 16.4. The van der Waals surface area contributed by atoms with Crippen LogP contribution in [0.2, 0.25) is 0 Å². The van der Waals surface area contributed by atoms with Crippen LogP contribution in [0.1, 0.15) is 33.4 Å². The highest BCUT2D eigenvalue weighted by Crippen LogP contribution is 2.30. The molecule has 1 amide bonds. The summed E-state index contributed by atoms with van der Waals surface area (Å²) in [5, 5.41) is 19.5. The van der Waals surface area contributed by atoms with Crippen LogP contribution in [0.25, 0.3) is 0 Å². The zero-order chi connectivity index (χ0) is 15.6. The van der Waals surface area contributed by atoms with Gasteiger partial charge in [0.25, 0.3) is 0 Å². The lowest BCUT2D eigenvalue weighted by molar-refractivity contribution is -0.151. The monoisotopic (exact) mass is 283 g/mol. The lowest BCUT2D eigenvalue weighted by atomic mass is 9.74. The first-order valence-corrected chi connectivity index (χ1v) is 6.23. The van der Waals surface area contributed by atoms with E-state index in [-0.39, 0.29) is 19.0 Å². The van der Waals surface area contributed by atoms with Crippen LogP contribution < -0.4 is 11.1 Å². The van der Waals surface area contributed by atoms with Gasteiger partial charge in [0.1, 0.15) is 6.54 Å². The molecule has 0 atom stereocenters. The van der Waals surface area contributed by atoms with E-state index in [1.807, 2.05) is 0 Å². The Morgan fingerprint density at radius 3 is 2.45 bits per heavy atom. The van der Waals surface area contributed by atoms with Gasteiger partial charge in [0, 0.05) is 6.54 Å². The van der Waals surface area contributed by atoms with E-state index < -0.39 is 16.9 Å². The molecule has 0 fully saturated rings. The predicted molar refractivity (Wildman–Crippen MR) is 71.6 cm³/mol. The Hall–Kier alpha value is -1.96. The lowest BCUT2D eigenvalue weighted by Crippen LogP contribution is -2.57. The first kappa shape index (κ1) is 16.1. The first-order valence-electron chi connectivity index (χ1n) is 6.23. The Balaban J connectivity index is 2.72. The summed E-state index contributed by atoms with van der Waals surface area (Å²) in [6.45, 7) is 6.69. The van der Waals surface area contributed by atoms with Gasteiger partial charge < -0.3 is 16.2 Å². The molecule has 0 aliphatic heterocycles. The molecule has 0 saturated heterocycles. The third kappa shape index (κ3) is 3.32. The number of carboxylic acids is 1. The van der Waals surface area contributed by atoms with E-state index in [1.54, 1.807) is 33.9 Å². The van der Waals surface area contributed by atoms with Crippen LogP contribution in [0.5, 0.6) is 0 Å². The molecule has 0 saturated carbocycles. The normalized spacial score (nSPS) is 12.2. The Labute approximate surface area is 117 Å². The van der Waals surface area contributed by atoms with Crippen LogP contribution in [0, 0.1) is 5.41 Å². The average Bonchev–Trinajstić information content (AvgIpc) is 2.75. The fraction of sp³-hybridized carbons (Fsp3) is 0.667. The molecule has 4 N–H and O–H groups in total. The number of aromatic nitrogens is 3. The van der Waals surface area contributed by atoms with Gasteiger partial charge >= 0.3 is 5.97 Å². The van der Waals surface area contributed by atoms with Gasteiger partial charge in [-0.05, 0) is 27.7 Å². The Kier molecular flexibility index (Phi) is 4.49. The Morgan fingerprint density at radius 1 is 1.40 bits per heavy atom. The fourth-order valence-corrected chi connectivity index (χ4v) is 1.47. The summed E-state index contributed by atoms with van der Waals surface area (Å²) in [5.41, 5.74) is 3.98. The third-order valence-electron chi connectivity index (χ3n) is 3.65. The summed E-state index contributed by atoms with van der Waals surface area (Å²) in [6.07, 6.45) is 1.58. The Morgan fingerprint density at radius 2 is 2.00 bits per heavy atom. The quantitative estimate of drug-likeness (QED) is 0.661. The molecule has 112 valence electrons. The van der Waals surface area contributed by atoms with Crippen molar-refractivity contribution in [1.82, 2.24) is 20.3 Å². The number of carbonyl (C=O) groups excluding carboxylic acids is 1. The number of nitrogens with one attached hydrogen (secondary N) is 1. The van der Waals surface area contributed by atoms with E-state index in [9.17, 15) is 14.7 Å². The van der Waals surface area contributed by atoms with Crippen molar-refractivity contribution in [2.45, 2.75) is 46.3 Å². The van der Waals surface area contributed by atoms with Gasteiger partial charge in [-0.1, -0.05) is 5.21 Å². The zero-order valence-corrected chi connectivity index (χ0v) is 12.2. The van der Waals surface area contributed by atoms with E-state index in [0.29, 0.717) is 5.69 Å². The van der Waals surface area contributed by atoms with Crippen molar-refractivity contribution in [2.75, 3.05) is 0 Å². The first-order chi connectivity index (χ1) is 9.10. The maximum absolute atomic E-state index is 12.0. The molecule has 8 nitrogen and oxygen atoms in total. The lowest BCUT2D eigenvalue weighted by Gasteiger charge is -2.38. The number of carboxylic acid groups (broad SMARTS) is 1. The van der Waals surface area contributed by atoms with Crippen LogP contribution in [0.15, 0.2) is 6.20 Å². The van der Waals surface area contributed by atoms with Crippen molar-refractivity contribution in [1.29, 1.82) is 0 Å². The molecule has 0 unspecified atom stereocenters. The van der Waals surface area contributed by atoms with Gasteiger partial charge in [-0.3, -0.25) is 9.59 Å². The molecule has 0 bridgehead atoms. The zero-order valence-electron chi connectivity index (χ0n) is 12.2. The number of aliphatic carboxylic acids is 1. The molecule has 0 spiro atoms. The molecule has 1 heterocycles. The standard InChI is InChI=1S/C12H21N5O3/c1-11(2,10(19)20)12(3,4)14-9(18)7-17-6-8(5-13)15-16-17/h6H,5,7,13H2,1-4H3,(H,14,18)(H,19,20). The molecule has 1 rings (SSSR count). The van der Waals surface area contributed by atoms with Gasteiger partial charge in [-0.25, -0.2) is 4.68 Å². The second-order valence-electron chi connectivity index (χ2n) is 5.71. The van der Waals surface area contributed by atoms with Gasteiger partial charge in [0.2, 0.25) is 5.91 Å². The van der Waals surface area contributed by atoms with Gasteiger partial charge in [0.15, 0.2) is 0 Å². The van der Waals surface area contributed by atoms with Gasteiger partial charge in [-0.15, -0.1) is 5.10 Å². The summed E-state index contributed by atoms with van der Waals surface area (Å²) in [5.74, 6) is -1.31. The van der Waals surface area contributed by atoms with Crippen LogP contribution >= 0.6 is 0 Å². The Bertz CT molecular complexity index is 507. The van der Waals surface area contributed by atoms with Crippen molar-refractivity contribution in [3.63, 3.8) is 0 Å². The van der Waals surface area contributed by atoms with Crippen LogP contribution in [-0.4, -0.2) is 37.5 Å². The van der Waals surface area contributed by atoms with Gasteiger partial charge in [-0.2, -0.15) is 0 Å². The molecule has 0 aromatic carbocycles. The van der Waals surface area contributed by atoms with E-state index in [0.717, 1.165) is 0 Å². The molecule has 20 heavy (non-hydrogen) atoms. The molecule has 0 aliphatic rings. The van der Waals surface area contributed by atoms with Crippen molar-refractivity contribution in [3.05, 3.63) is 11.9 Å². The summed E-state index contributed by atoms with van der Waals surface area (Å²) in [6, 6.07) is 0. The van der Waals surface area contributed by atoms with Crippen molar-refractivity contribution in [2.24, 2.45) is 11.1 Å². The molecular formula is C12H21N5O3. The van der Waals surface area contributed by atoms with Crippen molar-refractivity contribution in [3.8, 4) is 0 Å². The molecule has 1 aromatic rings. The molecular weight excluding hydrogens is 262 g/mol. The number of rotatable bonds is 6. The molecule has 0 aliphatic carbocycles. The maximum atomic E-state index is 12.0. The SMILES string of the molecule is CC(C)(NC(=O)Cn1cc(CN)nn1)C(C)(C)C(=O)O. The predicted octanol–water partition coefficient (Wildman–Crippen LogP) is -0.258. The van der Waals surface area contributed by atoms with Crippen molar-refractivity contribution >= 4 is 11.9 Å². The highest BCUT2D eigenvalue weighted by Gasteiger charge is 2.44. The summed E-state index contributed by atoms with van der Waals surface area (Å²) >= 11 is 0. The number of hydrogen-bond donors (Lipinski definition) is 3. The number of hydrogen-bond acceptors (Lipinski definition) is 5. The van der Waals surface area contributed by atoms with Gasteiger partial charge in [0.05, 0.1) is 22.8 Å². The summed E-state index contributed by atoms with van der Waals surface area (Å²) in [4.78, 5) is 23.2. The maximum Gasteiger partial charge on any atom is 0.311 e. The van der Waals surface area contributed by atoms with Crippen molar-refractivity contribution < 1.29 is 14.7 Å². The largest absolute Gasteiger partial charge is 0.481 e. The van der Waals surface area contributed by atoms with Crippen LogP contribution in [0.4, 0.5) is 0 Å². The number of carbonyl (C=O) groups is 2. The minimum absolute atomic E-state index is 0.0356. The van der Waals surface area contributed by atoms with E-state index in [4.69, 9.17) is 5.73 Å². The third-order valence-corrected chi connectivity index (χ3v) is 3.65. The van der Waals surface area contributed by atoms with E-state index in [1.165, 1.54) is 4.68 Å². The van der Waals surface area contributed by atoms with Crippen LogP contribution in [0.3, 0.4) is 0 Å². The minimum atomic E-state index is -1.10. The number of nitrogens with zero attached hydrogens (tertiary/aromatic N) is 3. The number of amides is 1. The second-order valence-corrected chi connectivity index (χ2v) is 5.71. The smallest absolute Gasteiger partial charge is 0.311 e. The molecule has 0 radical (unpaired) electrons. The summed E-state index contributed by atoms with van der Waals surface area (Å²) < 4.78 is 1.36. The number of nitrogens with two attached hydrogens (primary N) is 1. The van der Waals surface area contributed by atoms with E-state index in [2.05, 4.69) is 15.6 Å². The topological polar surface area (TPSA) is 123 Å².